The fourth-order valence-electron chi connectivity index (χ4n) is 1.08. The summed E-state index contributed by atoms with van der Waals surface area (Å²) in [6, 6.07) is 3.76. The number of anilines is 1. The van der Waals surface area contributed by atoms with Crippen LogP contribution in [0.3, 0.4) is 0 Å². The lowest BCUT2D eigenvalue weighted by Crippen LogP contribution is -2.32. The van der Waals surface area contributed by atoms with Gasteiger partial charge in [0.15, 0.2) is 0 Å². The highest BCUT2D eigenvalue weighted by atomic mass is 19.4. The molecule has 0 radical (unpaired) electrons. The third kappa shape index (κ3) is 3.15. The van der Waals surface area contributed by atoms with Gasteiger partial charge in [-0.05, 0) is 31.2 Å². The quantitative estimate of drug-likeness (QED) is 0.837. The van der Waals surface area contributed by atoms with Gasteiger partial charge >= 0.3 is 6.18 Å². The largest absolute Gasteiger partial charge is 0.416 e. The van der Waals surface area contributed by atoms with Crippen LogP contribution in [0.2, 0.25) is 0 Å². The van der Waals surface area contributed by atoms with Crippen LogP contribution in [0, 0.1) is 0 Å². The Morgan fingerprint density at radius 2 is 1.81 bits per heavy atom. The molecule has 1 aromatic rings. The molecule has 0 saturated carbocycles. The second-order valence-electron chi connectivity index (χ2n) is 3.34. The van der Waals surface area contributed by atoms with Gasteiger partial charge in [0.1, 0.15) is 6.04 Å². The van der Waals surface area contributed by atoms with Crippen molar-refractivity contribution in [3.05, 3.63) is 29.8 Å². The molecule has 0 heterocycles. The van der Waals surface area contributed by atoms with E-state index in [1.807, 2.05) is 0 Å². The van der Waals surface area contributed by atoms with Crippen molar-refractivity contribution in [2.45, 2.75) is 19.1 Å². The van der Waals surface area contributed by atoms with Crippen LogP contribution in [0.25, 0.3) is 0 Å². The summed E-state index contributed by atoms with van der Waals surface area (Å²) in [6.45, 7) is 1.53. The summed E-state index contributed by atoms with van der Waals surface area (Å²) >= 11 is 0. The topological polar surface area (TPSA) is 55.1 Å². The number of hydrogen-bond acceptors (Lipinski definition) is 2. The molecule has 0 spiro atoms. The van der Waals surface area contributed by atoms with E-state index in [0.717, 1.165) is 12.1 Å². The normalized spacial score (nSPS) is 13.2. The number of amides is 1. The molecule has 0 aromatic heterocycles. The van der Waals surface area contributed by atoms with Crippen molar-refractivity contribution < 1.29 is 18.0 Å². The first-order chi connectivity index (χ1) is 7.30. The molecule has 3 nitrogen and oxygen atoms in total. The summed E-state index contributed by atoms with van der Waals surface area (Å²) < 4.78 is 36.6. The third-order valence-electron chi connectivity index (χ3n) is 2.02. The number of nitrogens with one attached hydrogen (secondary N) is 1. The molecule has 0 bridgehead atoms. The van der Waals surface area contributed by atoms with E-state index in [4.69, 9.17) is 5.73 Å². The van der Waals surface area contributed by atoms with E-state index in [-0.39, 0.29) is 0 Å². The number of alkyl halides is 3. The molecule has 3 N–H and O–H groups in total. The van der Waals surface area contributed by atoms with Crippen LogP contribution in [0.15, 0.2) is 24.3 Å². The van der Waals surface area contributed by atoms with Crippen LogP contribution in [0.5, 0.6) is 0 Å². The number of halogens is 3. The van der Waals surface area contributed by atoms with Crippen LogP contribution in [-0.2, 0) is 11.0 Å². The maximum absolute atomic E-state index is 12.2. The van der Waals surface area contributed by atoms with Gasteiger partial charge in [-0.2, -0.15) is 13.2 Å². The number of benzene rings is 1. The van der Waals surface area contributed by atoms with Gasteiger partial charge in [-0.25, -0.2) is 0 Å². The maximum atomic E-state index is 12.2. The van der Waals surface area contributed by atoms with Gasteiger partial charge in [0, 0.05) is 5.69 Å². The van der Waals surface area contributed by atoms with Gasteiger partial charge in [0.05, 0.1) is 5.56 Å². The molecule has 6 heteroatoms. The van der Waals surface area contributed by atoms with Crippen molar-refractivity contribution in [2.24, 2.45) is 5.73 Å². The minimum absolute atomic E-state index is 0.416. The van der Waals surface area contributed by atoms with Crippen molar-refractivity contribution in [3.63, 3.8) is 0 Å². The van der Waals surface area contributed by atoms with Gasteiger partial charge < -0.3 is 11.1 Å². The lowest BCUT2D eigenvalue weighted by Gasteiger charge is -2.12. The number of rotatable bonds is 3. The van der Waals surface area contributed by atoms with Crippen LogP contribution in [-0.4, -0.2) is 11.9 Å². The summed E-state index contributed by atoms with van der Waals surface area (Å²) in [5, 5.41) is 2.68. The Bertz CT molecular complexity index is 373. The molecule has 1 amide bonds. The number of primary amides is 1. The molecule has 0 aliphatic heterocycles. The molecule has 0 fully saturated rings. The summed E-state index contributed by atoms with van der Waals surface area (Å²) in [6.07, 6.45) is -4.35. The molecule has 1 unspecified atom stereocenters. The Labute approximate surface area is 90.4 Å². The standard InChI is InChI=1S/C10H11F3N2O/c1-6(9(14)16)15-8-4-2-7(3-5-8)10(11,12)13/h2-6,15H,1H3,(H2,14,16). The zero-order valence-electron chi connectivity index (χ0n) is 8.51. The highest BCUT2D eigenvalue weighted by Gasteiger charge is 2.29. The highest BCUT2D eigenvalue weighted by Crippen LogP contribution is 2.29. The average Bonchev–Trinajstić information content (AvgIpc) is 2.17. The molecule has 16 heavy (non-hydrogen) atoms. The SMILES string of the molecule is CC(Nc1ccc(C(F)(F)F)cc1)C(N)=O. The molecule has 1 rings (SSSR count). The molecule has 88 valence electrons. The summed E-state index contributed by atoms with van der Waals surface area (Å²) in [7, 11) is 0. The van der Waals surface area contributed by atoms with Crippen LogP contribution in [0.1, 0.15) is 12.5 Å². The van der Waals surface area contributed by atoms with Crippen molar-refractivity contribution in [2.75, 3.05) is 5.32 Å². The molecule has 1 aromatic carbocycles. The lowest BCUT2D eigenvalue weighted by atomic mass is 10.2. The molecular formula is C10H11F3N2O. The predicted molar refractivity (Wildman–Crippen MR) is 53.7 cm³/mol. The molecule has 0 aliphatic rings. The predicted octanol–water partition coefficient (Wildman–Crippen LogP) is 1.99. The Kier molecular flexibility index (Phi) is 3.41. The molecule has 0 aliphatic carbocycles. The third-order valence-corrected chi connectivity index (χ3v) is 2.02. The average molecular weight is 232 g/mol. The second-order valence-corrected chi connectivity index (χ2v) is 3.34. The summed E-state index contributed by atoms with van der Waals surface area (Å²) in [4.78, 5) is 10.7. The number of nitrogens with two attached hydrogens (primary N) is 1. The van der Waals surface area contributed by atoms with Gasteiger partial charge in [-0.1, -0.05) is 0 Å². The van der Waals surface area contributed by atoms with E-state index < -0.39 is 23.7 Å². The van der Waals surface area contributed by atoms with E-state index >= 15 is 0 Å². The first-order valence-electron chi connectivity index (χ1n) is 4.54. The van der Waals surface area contributed by atoms with E-state index in [1.54, 1.807) is 0 Å². The lowest BCUT2D eigenvalue weighted by molar-refractivity contribution is -0.137. The monoisotopic (exact) mass is 232 g/mol. The number of hydrogen-bond donors (Lipinski definition) is 2. The summed E-state index contributed by atoms with van der Waals surface area (Å²) in [5.41, 5.74) is 4.69. The highest BCUT2D eigenvalue weighted by molar-refractivity contribution is 5.82. The van der Waals surface area contributed by atoms with E-state index in [1.165, 1.54) is 19.1 Å². The Hall–Kier alpha value is -1.72. The van der Waals surface area contributed by atoms with Crippen LogP contribution < -0.4 is 11.1 Å². The molecule has 0 saturated heterocycles. The number of carbonyl (C=O) groups is 1. The minimum Gasteiger partial charge on any atom is -0.374 e. The van der Waals surface area contributed by atoms with Gasteiger partial charge in [-0.3, -0.25) is 4.79 Å². The maximum Gasteiger partial charge on any atom is 0.416 e. The van der Waals surface area contributed by atoms with Crippen molar-refractivity contribution >= 4 is 11.6 Å². The Balaban J connectivity index is 2.76. The first-order valence-corrected chi connectivity index (χ1v) is 4.54. The fraction of sp³-hybridized carbons (Fsp3) is 0.300. The van der Waals surface area contributed by atoms with Gasteiger partial charge in [0.2, 0.25) is 5.91 Å². The van der Waals surface area contributed by atoms with Crippen molar-refractivity contribution in [3.8, 4) is 0 Å². The van der Waals surface area contributed by atoms with Gasteiger partial charge in [0.25, 0.3) is 0 Å². The summed E-state index contributed by atoms with van der Waals surface area (Å²) in [5.74, 6) is -0.570. The van der Waals surface area contributed by atoms with Crippen molar-refractivity contribution in [1.82, 2.24) is 0 Å². The molecule has 1 atom stereocenters. The van der Waals surface area contributed by atoms with Crippen molar-refractivity contribution in [1.29, 1.82) is 0 Å². The molecular weight excluding hydrogens is 221 g/mol. The smallest absolute Gasteiger partial charge is 0.374 e. The zero-order valence-corrected chi connectivity index (χ0v) is 8.51. The van der Waals surface area contributed by atoms with Gasteiger partial charge in [-0.15, -0.1) is 0 Å². The van der Waals surface area contributed by atoms with E-state index in [0.29, 0.717) is 5.69 Å². The Morgan fingerprint density at radius 1 is 1.31 bits per heavy atom. The van der Waals surface area contributed by atoms with Crippen LogP contribution >= 0.6 is 0 Å². The Morgan fingerprint density at radius 3 is 2.19 bits per heavy atom. The van der Waals surface area contributed by atoms with E-state index in [2.05, 4.69) is 5.32 Å². The minimum atomic E-state index is -4.35. The van der Waals surface area contributed by atoms with E-state index in [9.17, 15) is 18.0 Å². The fourth-order valence-corrected chi connectivity index (χ4v) is 1.08. The number of carbonyl (C=O) groups excluding carboxylic acids is 1. The first kappa shape index (κ1) is 12.4. The zero-order chi connectivity index (χ0) is 12.3. The van der Waals surface area contributed by atoms with Crippen LogP contribution in [0.4, 0.5) is 18.9 Å². The second kappa shape index (κ2) is 4.42.